The highest BCUT2D eigenvalue weighted by Crippen LogP contribution is 2.33. The van der Waals surface area contributed by atoms with Crippen molar-refractivity contribution in [2.75, 3.05) is 25.5 Å². The van der Waals surface area contributed by atoms with E-state index < -0.39 is 0 Å². The molecule has 1 saturated heterocycles. The Morgan fingerprint density at radius 3 is 2.90 bits per heavy atom. The van der Waals surface area contributed by atoms with Gasteiger partial charge in [-0.3, -0.25) is 4.79 Å². The fourth-order valence-corrected chi connectivity index (χ4v) is 4.00. The molecule has 0 radical (unpaired) electrons. The van der Waals surface area contributed by atoms with Crippen LogP contribution in [-0.4, -0.2) is 41.0 Å². The predicted molar refractivity (Wildman–Crippen MR) is 117 cm³/mol. The quantitative estimate of drug-likeness (QED) is 0.563. The molecule has 29 heavy (non-hydrogen) atoms. The third kappa shape index (κ3) is 4.10. The SMILES string of the molecule is C=CC(=O)N1CC(Cc2cc3c(Nc4cccc(Br)c4)ncnc3cc2OC)C1. The minimum atomic E-state index is -0.0133. The predicted octanol–water partition coefficient (Wildman–Crippen LogP) is 4.33. The molecule has 6 nitrogen and oxygen atoms in total. The van der Waals surface area contributed by atoms with Gasteiger partial charge in [0.2, 0.25) is 5.91 Å². The topological polar surface area (TPSA) is 67.4 Å². The van der Waals surface area contributed by atoms with E-state index >= 15 is 0 Å². The summed E-state index contributed by atoms with van der Waals surface area (Å²) >= 11 is 3.49. The van der Waals surface area contributed by atoms with Crippen LogP contribution in [0.4, 0.5) is 11.5 Å². The summed E-state index contributed by atoms with van der Waals surface area (Å²) in [7, 11) is 1.67. The molecule has 0 bridgehead atoms. The summed E-state index contributed by atoms with van der Waals surface area (Å²) in [6.45, 7) is 5.02. The van der Waals surface area contributed by atoms with Gasteiger partial charge in [0.25, 0.3) is 0 Å². The third-order valence-electron chi connectivity index (χ3n) is 5.08. The van der Waals surface area contributed by atoms with Crippen LogP contribution in [0.1, 0.15) is 5.56 Å². The highest BCUT2D eigenvalue weighted by atomic mass is 79.9. The maximum absolute atomic E-state index is 11.7. The molecule has 0 spiro atoms. The van der Waals surface area contributed by atoms with Crippen LogP contribution < -0.4 is 10.1 Å². The molecule has 1 N–H and O–H groups in total. The molecule has 7 heteroatoms. The van der Waals surface area contributed by atoms with Gasteiger partial charge in [-0.15, -0.1) is 0 Å². The molecule has 2 aromatic carbocycles. The summed E-state index contributed by atoms with van der Waals surface area (Å²) in [6.07, 6.45) is 3.74. The molecular weight excluding hydrogens is 432 g/mol. The fourth-order valence-electron chi connectivity index (χ4n) is 3.60. The minimum Gasteiger partial charge on any atom is -0.496 e. The molecule has 2 heterocycles. The second kappa shape index (κ2) is 8.21. The number of methoxy groups -OCH3 is 1. The second-order valence-electron chi connectivity index (χ2n) is 7.06. The standard InChI is InChI=1S/C22H21BrN4O2/c1-3-21(28)27-11-14(12-27)7-15-8-18-19(10-20(15)29-2)24-13-25-22(18)26-17-6-4-5-16(23)9-17/h3-6,8-10,13-14H,1,7,11-12H2,2H3,(H,24,25,26). The van der Waals surface area contributed by atoms with Gasteiger partial charge in [-0.1, -0.05) is 28.6 Å². The highest BCUT2D eigenvalue weighted by molar-refractivity contribution is 9.10. The van der Waals surface area contributed by atoms with Crippen LogP contribution in [-0.2, 0) is 11.2 Å². The summed E-state index contributed by atoms with van der Waals surface area (Å²) in [5, 5.41) is 4.31. The van der Waals surface area contributed by atoms with E-state index in [4.69, 9.17) is 4.74 Å². The van der Waals surface area contributed by atoms with E-state index in [0.29, 0.717) is 5.92 Å². The van der Waals surface area contributed by atoms with Crippen molar-refractivity contribution in [3.8, 4) is 5.75 Å². The van der Waals surface area contributed by atoms with Gasteiger partial charge in [0.05, 0.1) is 12.6 Å². The van der Waals surface area contributed by atoms with Crippen molar-refractivity contribution in [2.45, 2.75) is 6.42 Å². The van der Waals surface area contributed by atoms with Crippen molar-refractivity contribution in [3.63, 3.8) is 0 Å². The van der Waals surface area contributed by atoms with E-state index in [2.05, 4.69) is 43.9 Å². The molecular formula is C22H21BrN4O2. The van der Waals surface area contributed by atoms with E-state index in [1.807, 2.05) is 30.3 Å². The van der Waals surface area contributed by atoms with Crippen LogP contribution >= 0.6 is 15.9 Å². The second-order valence-corrected chi connectivity index (χ2v) is 7.97. The summed E-state index contributed by atoms with van der Waals surface area (Å²) in [6, 6.07) is 12.0. The van der Waals surface area contributed by atoms with E-state index in [9.17, 15) is 4.79 Å². The first-order chi connectivity index (χ1) is 14.1. The lowest BCUT2D eigenvalue weighted by Gasteiger charge is -2.39. The Morgan fingerprint density at radius 1 is 1.34 bits per heavy atom. The van der Waals surface area contributed by atoms with Crippen molar-refractivity contribution in [1.82, 2.24) is 14.9 Å². The Labute approximate surface area is 177 Å². The number of likely N-dealkylation sites (tertiary alicyclic amines) is 1. The number of carbonyl (C=O) groups excluding carboxylic acids is 1. The zero-order valence-corrected chi connectivity index (χ0v) is 17.6. The number of aromatic nitrogens is 2. The first kappa shape index (κ1) is 19.4. The van der Waals surface area contributed by atoms with Crippen LogP contribution in [0.25, 0.3) is 10.9 Å². The number of nitrogens with one attached hydrogen (secondary N) is 1. The van der Waals surface area contributed by atoms with Gasteiger partial charge in [0.1, 0.15) is 17.9 Å². The van der Waals surface area contributed by atoms with Crippen molar-refractivity contribution >= 4 is 44.2 Å². The van der Waals surface area contributed by atoms with Gasteiger partial charge in [-0.05, 0) is 48.2 Å². The maximum atomic E-state index is 11.7. The zero-order chi connectivity index (χ0) is 20.4. The molecule has 1 aromatic heterocycles. The Balaban J connectivity index is 1.63. The summed E-state index contributed by atoms with van der Waals surface area (Å²) in [5.41, 5.74) is 2.84. The monoisotopic (exact) mass is 452 g/mol. The van der Waals surface area contributed by atoms with Crippen molar-refractivity contribution in [2.24, 2.45) is 5.92 Å². The molecule has 0 atom stereocenters. The molecule has 1 aliphatic rings. The molecule has 0 aliphatic carbocycles. The number of amides is 1. The average molecular weight is 453 g/mol. The number of fused-ring (bicyclic) bond motifs is 1. The van der Waals surface area contributed by atoms with E-state index in [0.717, 1.165) is 57.7 Å². The van der Waals surface area contributed by atoms with Gasteiger partial charge in [-0.2, -0.15) is 0 Å². The number of carbonyl (C=O) groups is 1. The van der Waals surface area contributed by atoms with Crippen LogP contribution in [0.5, 0.6) is 5.75 Å². The number of ether oxygens (including phenoxy) is 1. The minimum absolute atomic E-state index is 0.0133. The van der Waals surface area contributed by atoms with Crippen molar-refractivity contribution < 1.29 is 9.53 Å². The van der Waals surface area contributed by atoms with Crippen LogP contribution in [0.15, 0.2) is 59.9 Å². The number of hydrogen-bond acceptors (Lipinski definition) is 5. The average Bonchev–Trinajstić information content (AvgIpc) is 2.69. The lowest BCUT2D eigenvalue weighted by atomic mass is 9.91. The van der Waals surface area contributed by atoms with E-state index in [-0.39, 0.29) is 5.91 Å². The zero-order valence-electron chi connectivity index (χ0n) is 16.1. The number of benzene rings is 2. The molecule has 4 rings (SSSR count). The van der Waals surface area contributed by atoms with Gasteiger partial charge in [-0.25, -0.2) is 9.97 Å². The largest absolute Gasteiger partial charge is 0.496 e. The van der Waals surface area contributed by atoms with Crippen LogP contribution in [0.3, 0.4) is 0 Å². The Morgan fingerprint density at radius 2 is 2.17 bits per heavy atom. The third-order valence-corrected chi connectivity index (χ3v) is 5.57. The molecule has 1 aliphatic heterocycles. The molecule has 1 amide bonds. The molecule has 0 unspecified atom stereocenters. The number of nitrogens with zero attached hydrogens (tertiary/aromatic N) is 3. The summed E-state index contributed by atoms with van der Waals surface area (Å²) < 4.78 is 6.60. The first-order valence-electron chi connectivity index (χ1n) is 9.33. The summed E-state index contributed by atoms with van der Waals surface area (Å²) in [4.78, 5) is 22.3. The number of anilines is 2. The highest BCUT2D eigenvalue weighted by Gasteiger charge is 2.30. The molecule has 3 aromatic rings. The van der Waals surface area contributed by atoms with Gasteiger partial charge < -0.3 is 15.0 Å². The number of halogens is 1. The molecule has 1 fully saturated rings. The van der Waals surface area contributed by atoms with Gasteiger partial charge >= 0.3 is 0 Å². The lowest BCUT2D eigenvalue weighted by molar-refractivity contribution is -0.132. The summed E-state index contributed by atoms with van der Waals surface area (Å²) in [5.74, 6) is 1.93. The normalized spacial score (nSPS) is 13.8. The fraction of sp³-hybridized carbons (Fsp3) is 0.227. The molecule has 148 valence electrons. The number of rotatable bonds is 6. The number of hydrogen-bond donors (Lipinski definition) is 1. The van der Waals surface area contributed by atoms with Gasteiger partial charge in [0.15, 0.2) is 0 Å². The first-order valence-corrected chi connectivity index (χ1v) is 10.1. The van der Waals surface area contributed by atoms with Crippen LogP contribution in [0, 0.1) is 5.92 Å². The Kier molecular flexibility index (Phi) is 5.49. The smallest absolute Gasteiger partial charge is 0.245 e. The van der Waals surface area contributed by atoms with E-state index in [1.165, 1.54) is 6.08 Å². The van der Waals surface area contributed by atoms with Crippen molar-refractivity contribution in [3.05, 3.63) is 65.4 Å². The van der Waals surface area contributed by atoms with E-state index in [1.54, 1.807) is 18.3 Å². The van der Waals surface area contributed by atoms with Crippen molar-refractivity contribution in [1.29, 1.82) is 0 Å². The Hall–Kier alpha value is -2.93. The van der Waals surface area contributed by atoms with Gasteiger partial charge in [0, 0.05) is 34.7 Å². The Bertz CT molecular complexity index is 1080. The van der Waals surface area contributed by atoms with Crippen LogP contribution in [0.2, 0.25) is 0 Å². The lowest BCUT2D eigenvalue weighted by Crippen LogP contribution is -2.50. The maximum Gasteiger partial charge on any atom is 0.245 e. The molecule has 0 saturated carbocycles.